The number of rotatable bonds is 6. The van der Waals surface area contributed by atoms with Gasteiger partial charge in [0.15, 0.2) is 11.5 Å². The Morgan fingerprint density at radius 2 is 1.81 bits per heavy atom. The molecule has 1 N–H and O–H groups in total. The minimum atomic E-state index is -0.365. The van der Waals surface area contributed by atoms with Crippen molar-refractivity contribution in [2.75, 3.05) is 14.2 Å². The summed E-state index contributed by atoms with van der Waals surface area (Å²) in [6.45, 7) is 0. The summed E-state index contributed by atoms with van der Waals surface area (Å²) in [4.78, 5) is 28.8. The van der Waals surface area contributed by atoms with E-state index in [1.54, 1.807) is 55.9 Å². The average molecular weight is 351 g/mol. The maximum Gasteiger partial charge on any atom is 0.256 e. The monoisotopic (exact) mass is 351 g/mol. The van der Waals surface area contributed by atoms with E-state index in [0.29, 0.717) is 22.6 Å². The van der Waals surface area contributed by atoms with Gasteiger partial charge in [0.05, 0.1) is 13.5 Å². The van der Waals surface area contributed by atoms with E-state index >= 15 is 0 Å². The molecule has 0 unspecified atom stereocenters. The number of nitrogens with one attached hydrogen (secondary N) is 1. The summed E-state index contributed by atoms with van der Waals surface area (Å²) in [6.07, 6.45) is 3.12. The maximum atomic E-state index is 12.6. The second kappa shape index (κ2) is 7.60. The highest BCUT2D eigenvalue weighted by atomic mass is 16.5. The van der Waals surface area contributed by atoms with E-state index < -0.39 is 0 Å². The largest absolute Gasteiger partial charge is 0.497 e. The molecule has 7 heteroatoms. The number of ether oxygens (including phenoxy) is 1. The predicted molar refractivity (Wildman–Crippen MR) is 94.2 cm³/mol. The molecule has 0 saturated heterocycles. The van der Waals surface area contributed by atoms with Gasteiger partial charge in [-0.3, -0.25) is 14.6 Å². The van der Waals surface area contributed by atoms with E-state index in [1.807, 2.05) is 0 Å². The molecule has 0 aliphatic carbocycles. The molecule has 3 aromatic rings. The smallest absolute Gasteiger partial charge is 0.256 e. The second-order valence-electron chi connectivity index (χ2n) is 5.47. The van der Waals surface area contributed by atoms with E-state index in [2.05, 4.69) is 15.5 Å². The van der Waals surface area contributed by atoms with Crippen molar-refractivity contribution in [3.63, 3.8) is 0 Å². The standard InChI is InChI=1S/C19H17N3O4/c1-20-19(24)17-16(26-22-18(17)13-7-9-21-10-8-13)11-15(23)12-3-5-14(25-2)6-4-12/h3-10H,11H2,1-2H3,(H,20,24). The Bertz CT molecular complexity index is 918. The van der Waals surface area contributed by atoms with Gasteiger partial charge in [0.1, 0.15) is 17.0 Å². The molecule has 2 aromatic heterocycles. The number of nitrogens with zero attached hydrogens (tertiary/aromatic N) is 2. The van der Waals surface area contributed by atoms with Crippen LogP contribution in [0.15, 0.2) is 53.3 Å². The highest BCUT2D eigenvalue weighted by Crippen LogP contribution is 2.26. The van der Waals surface area contributed by atoms with Crippen molar-refractivity contribution in [2.45, 2.75) is 6.42 Å². The van der Waals surface area contributed by atoms with Crippen molar-refractivity contribution in [1.82, 2.24) is 15.5 Å². The fourth-order valence-corrected chi connectivity index (χ4v) is 2.54. The van der Waals surface area contributed by atoms with Crippen molar-refractivity contribution in [1.29, 1.82) is 0 Å². The Balaban J connectivity index is 1.93. The molecular formula is C19H17N3O4. The van der Waals surface area contributed by atoms with Crippen molar-refractivity contribution in [2.24, 2.45) is 0 Å². The molecule has 132 valence electrons. The quantitative estimate of drug-likeness (QED) is 0.686. The number of hydrogen-bond donors (Lipinski definition) is 1. The fourth-order valence-electron chi connectivity index (χ4n) is 2.54. The van der Waals surface area contributed by atoms with Gasteiger partial charge in [-0.2, -0.15) is 0 Å². The molecule has 0 aliphatic rings. The lowest BCUT2D eigenvalue weighted by atomic mass is 10.0. The van der Waals surface area contributed by atoms with Gasteiger partial charge >= 0.3 is 0 Å². The first kappa shape index (κ1) is 17.3. The molecular weight excluding hydrogens is 334 g/mol. The van der Waals surface area contributed by atoms with Crippen LogP contribution in [-0.2, 0) is 6.42 Å². The number of benzene rings is 1. The van der Waals surface area contributed by atoms with Crippen LogP contribution in [0.25, 0.3) is 11.3 Å². The van der Waals surface area contributed by atoms with Gasteiger partial charge in [-0.15, -0.1) is 0 Å². The van der Waals surface area contributed by atoms with Crippen LogP contribution >= 0.6 is 0 Å². The molecule has 0 aliphatic heterocycles. The Morgan fingerprint density at radius 3 is 2.42 bits per heavy atom. The van der Waals surface area contributed by atoms with Gasteiger partial charge in [0.2, 0.25) is 0 Å². The minimum absolute atomic E-state index is 0.0762. The van der Waals surface area contributed by atoms with E-state index in [1.165, 1.54) is 7.05 Å². The van der Waals surface area contributed by atoms with Crippen LogP contribution in [0.2, 0.25) is 0 Å². The topological polar surface area (TPSA) is 94.3 Å². The number of aromatic nitrogens is 2. The van der Waals surface area contributed by atoms with Gasteiger partial charge in [0, 0.05) is 30.6 Å². The third kappa shape index (κ3) is 3.46. The maximum absolute atomic E-state index is 12.6. The highest BCUT2D eigenvalue weighted by Gasteiger charge is 2.25. The molecule has 0 bridgehead atoms. The summed E-state index contributed by atoms with van der Waals surface area (Å²) in [6, 6.07) is 10.2. The second-order valence-corrected chi connectivity index (χ2v) is 5.47. The van der Waals surface area contributed by atoms with Crippen LogP contribution in [0.1, 0.15) is 26.5 Å². The number of carbonyl (C=O) groups is 2. The molecule has 0 fully saturated rings. The van der Waals surface area contributed by atoms with Gasteiger partial charge in [-0.25, -0.2) is 0 Å². The van der Waals surface area contributed by atoms with Crippen LogP contribution in [0.3, 0.4) is 0 Å². The van der Waals surface area contributed by atoms with Crippen molar-refractivity contribution < 1.29 is 18.8 Å². The highest BCUT2D eigenvalue weighted by molar-refractivity contribution is 6.03. The zero-order chi connectivity index (χ0) is 18.5. The van der Waals surface area contributed by atoms with Crippen molar-refractivity contribution in [3.05, 3.63) is 65.7 Å². The average Bonchev–Trinajstić information content (AvgIpc) is 3.11. The minimum Gasteiger partial charge on any atom is -0.497 e. The Labute approximate surface area is 150 Å². The van der Waals surface area contributed by atoms with Gasteiger partial charge in [-0.05, 0) is 36.4 Å². The van der Waals surface area contributed by atoms with Crippen molar-refractivity contribution >= 4 is 11.7 Å². The fraction of sp³-hybridized carbons (Fsp3) is 0.158. The summed E-state index contributed by atoms with van der Waals surface area (Å²) in [5, 5.41) is 6.56. The molecule has 2 heterocycles. The van der Waals surface area contributed by atoms with Crippen LogP contribution in [-0.4, -0.2) is 36.0 Å². The first-order valence-corrected chi connectivity index (χ1v) is 7.92. The molecule has 1 aromatic carbocycles. The molecule has 1 amide bonds. The lowest BCUT2D eigenvalue weighted by Crippen LogP contribution is -2.20. The van der Waals surface area contributed by atoms with E-state index in [-0.39, 0.29) is 29.4 Å². The Kier molecular flexibility index (Phi) is 5.07. The number of carbonyl (C=O) groups excluding carboxylic acids is 2. The molecule has 0 saturated carbocycles. The first-order chi connectivity index (χ1) is 12.6. The van der Waals surface area contributed by atoms with Crippen LogP contribution in [0.4, 0.5) is 0 Å². The van der Waals surface area contributed by atoms with Crippen LogP contribution in [0.5, 0.6) is 5.75 Å². The van der Waals surface area contributed by atoms with Gasteiger partial charge in [-0.1, -0.05) is 5.16 Å². The summed E-state index contributed by atoms with van der Waals surface area (Å²) in [5.74, 6) is 0.329. The molecule has 0 radical (unpaired) electrons. The van der Waals surface area contributed by atoms with E-state index in [4.69, 9.17) is 9.26 Å². The Hall–Kier alpha value is -3.48. The SMILES string of the molecule is CNC(=O)c1c(-c2ccncc2)noc1CC(=O)c1ccc(OC)cc1. The number of ketones is 1. The lowest BCUT2D eigenvalue weighted by Gasteiger charge is -2.04. The first-order valence-electron chi connectivity index (χ1n) is 7.92. The third-order valence-electron chi connectivity index (χ3n) is 3.90. The molecule has 26 heavy (non-hydrogen) atoms. The lowest BCUT2D eigenvalue weighted by molar-refractivity contribution is 0.0960. The van der Waals surface area contributed by atoms with E-state index in [0.717, 1.165) is 0 Å². The number of pyridine rings is 1. The summed E-state index contributed by atoms with van der Waals surface area (Å²) < 4.78 is 10.4. The molecule has 7 nitrogen and oxygen atoms in total. The molecule has 3 rings (SSSR count). The molecule has 0 atom stereocenters. The summed E-state index contributed by atoms with van der Waals surface area (Å²) >= 11 is 0. The number of Topliss-reactive ketones (excluding diaryl/α,β-unsaturated/α-hetero) is 1. The third-order valence-corrected chi connectivity index (χ3v) is 3.90. The zero-order valence-electron chi connectivity index (χ0n) is 14.4. The normalized spacial score (nSPS) is 10.4. The number of amides is 1. The number of hydrogen-bond acceptors (Lipinski definition) is 6. The Morgan fingerprint density at radius 1 is 1.12 bits per heavy atom. The summed E-state index contributed by atoms with van der Waals surface area (Å²) in [7, 11) is 3.07. The van der Waals surface area contributed by atoms with Crippen LogP contribution in [0, 0.1) is 0 Å². The summed E-state index contributed by atoms with van der Waals surface area (Å²) in [5.41, 5.74) is 1.81. The van der Waals surface area contributed by atoms with Crippen molar-refractivity contribution in [3.8, 4) is 17.0 Å². The van der Waals surface area contributed by atoms with E-state index in [9.17, 15) is 9.59 Å². The number of methoxy groups -OCH3 is 1. The predicted octanol–water partition coefficient (Wildman–Crippen LogP) is 2.53. The molecule has 0 spiro atoms. The zero-order valence-corrected chi connectivity index (χ0v) is 14.4. The van der Waals surface area contributed by atoms with Crippen LogP contribution < -0.4 is 10.1 Å². The van der Waals surface area contributed by atoms with Gasteiger partial charge < -0.3 is 14.6 Å². The van der Waals surface area contributed by atoms with Gasteiger partial charge in [0.25, 0.3) is 5.91 Å².